The molecule has 1 aromatic carbocycles. The van der Waals surface area contributed by atoms with Crippen LogP contribution in [0.3, 0.4) is 0 Å². The van der Waals surface area contributed by atoms with Gasteiger partial charge in [-0.3, -0.25) is 0 Å². The lowest BCUT2D eigenvalue weighted by molar-refractivity contribution is 0.534. The number of rotatable bonds is 2. The summed E-state index contributed by atoms with van der Waals surface area (Å²) in [4.78, 5) is 4.07. The molecule has 1 unspecified atom stereocenters. The third-order valence-corrected chi connectivity index (χ3v) is 3.54. The van der Waals surface area contributed by atoms with Gasteiger partial charge in [0, 0.05) is 18.1 Å². The average molecular weight is 225 g/mol. The highest BCUT2D eigenvalue weighted by molar-refractivity contribution is 5.36. The molecule has 1 atom stereocenters. The van der Waals surface area contributed by atoms with Crippen molar-refractivity contribution < 1.29 is 0 Å². The van der Waals surface area contributed by atoms with E-state index >= 15 is 0 Å². The maximum Gasteiger partial charge on any atom is 0.0991 e. The summed E-state index contributed by atoms with van der Waals surface area (Å²) < 4.78 is 2.04. The molecule has 1 radical (unpaired) electrons. The molecule has 1 aliphatic carbocycles. The summed E-state index contributed by atoms with van der Waals surface area (Å²) in [6.07, 6.45) is 13.4. The second kappa shape index (κ2) is 4.74. The highest BCUT2D eigenvalue weighted by Gasteiger charge is 2.15. The highest BCUT2D eigenvalue weighted by Crippen LogP contribution is 2.31. The van der Waals surface area contributed by atoms with Gasteiger partial charge in [0.1, 0.15) is 0 Å². The first-order valence-electron chi connectivity index (χ1n) is 6.35. The smallest absolute Gasteiger partial charge is 0.0991 e. The normalized spacial score (nSPS) is 17.2. The summed E-state index contributed by atoms with van der Waals surface area (Å²) in [5.41, 5.74) is 2.63. The molecule has 0 aliphatic heterocycles. The first-order chi connectivity index (χ1) is 8.43. The van der Waals surface area contributed by atoms with Crippen LogP contribution in [0.15, 0.2) is 43.0 Å². The lowest BCUT2D eigenvalue weighted by atomic mass is 9.84. The van der Waals surface area contributed by atoms with E-state index in [0.29, 0.717) is 5.92 Å². The second-order valence-electron chi connectivity index (χ2n) is 4.69. The molecular formula is C15H17N2. The van der Waals surface area contributed by atoms with Gasteiger partial charge in [-0.15, -0.1) is 0 Å². The van der Waals surface area contributed by atoms with Crippen molar-refractivity contribution in [2.75, 3.05) is 0 Å². The molecule has 1 aromatic heterocycles. The number of nitrogens with zero attached hydrogens (tertiary/aromatic N) is 2. The van der Waals surface area contributed by atoms with Crippen LogP contribution in [0, 0.1) is 6.42 Å². The number of hydrogen-bond donors (Lipinski definition) is 0. The molecule has 87 valence electrons. The van der Waals surface area contributed by atoms with Crippen LogP contribution in [0.5, 0.6) is 0 Å². The maximum absolute atomic E-state index is 4.07. The third-order valence-electron chi connectivity index (χ3n) is 3.54. The standard InChI is InChI=1S/C15H17N2/c1-2-4-13(5-3-1)14-6-8-15(9-7-14)17-11-10-16-12-17/h4,6-13H,1-3,5H2. The number of aromatic nitrogens is 2. The fourth-order valence-corrected chi connectivity index (χ4v) is 2.55. The number of hydrogen-bond acceptors (Lipinski definition) is 1. The van der Waals surface area contributed by atoms with Crippen LogP contribution in [0.2, 0.25) is 0 Å². The lowest BCUT2D eigenvalue weighted by Crippen LogP contribution is -2.05. The van der Waals surface area contributed by atoms with E-state index in [1.165, 1.54) is 36.9 Å². The molecular weight excluding hydrogens is 208 g/mol. The SMILES string of the molecule is [CH]1CCCCC1c1ccc(-n2ccnc2)cc1. The Labute approximate surface area is 102 Å². The van der Waals surface area contributed by atoms with E-state index in [0.717, 1.165) is 0 Å². The van der Waals surface area contributed by atoms with Crippen LogP contribution in [0.4, 0.5) is 0 Å². The minimum absolute atomic E-state index is 0.667. The maximum atomic E-state index is 4.07. The molecule has 1 saturated carbocycles. The summed E-state index contributed by atoms with van der Waals surface area (Å²) >= 11 is 0. The van der Waals surface area contributed by atoms with Crippen molar-refractivity contribution in [1.82, 2.24) is 9.55 Å². The topological polar surface area (TPSA) is 17.8 Å². The first-order valence-corrected chi connectivity index (χ1v) is 6.35. The minimum atomic E-state index is 0.667. The zero-order valence-corrected chi connectivity index (χ0v) is 9.92. The molecule has 1 aliphatic rings. The number of imidazole rings is 1. The van der Waals surface area contributed by atoms with Gasteiger partial charge in [0.05, 0.1) is 6.33 Å². The Morgan fingerprint density at radius 1 is 1.12 bits per heavy atom. The van der Waals surface area contributed by atoms with E-state index < -0.39 is 0 Å². The van der Waals surface area contributed by atoms with Gasteiger partial charge in [-0.1, -0.05) is 25.0 Å². The molecule has 3 rings (SSSR count). The number of benzene rings is 1. The Morgan fingerprint density at radius 2 is 2.00 bits per heavy atom. The predicted octanol–water partition coefficient (Wildman–Crippen LogP) is 3.73. The molecule has 1 fully saturated rings. The monoisotopic (exact) mass is 225 g/mol. The van der Waals surface area contributed by atoms with Crippen molar-refractivity contribution >= 4 is 0 Å². The largest absolute Gasteiger partial charge is 0.306 e. The third kappa shape index (κ3) is 2.26. The van der Waals surface area contributed by atoms with Gasteiger partial charge in [0.2, 0.25) is 0 Å². The summed E-state index contributed by atoms with van der Waals surface area (Å²) in [7, 11) is 0. The quantitative estimate of drug-likeness (QED) is 0.761. The van der Waals surface area contributed by atoms with Crippen molar-refractivity contribution in [1.29, 1.82) is 0 Å². The lowest BCUT2D eigenvalue weighted by Gasteiger charge is -2.21. The average Bonchev–Trinajstić information content (AvgIpc) is 2.94. The molecule has 0 bridgehead atoms. The van der Waals surface area contributed by atoms with Gasteiger partial charge in [-0.05, 0) is 42.9 Å². The van der Waals surface area contributed by atoms with Gasteiger partial charge in [0.15, 0.2) is 0 Å². The molecule has 0 amide bonds. The molecule has 2 aromatic rings. The second-order valence-corrected chi connectivity index (χ2v) is 4.69. The van der Waals surface area contributed by atoms with Crippen LogP contribution in [0.25, 0.3) is 5.69 Å². The van der Waals surface area contributed by atoms with E-state index in [-0.39, 0.29) is 0 Å². The van der Waals surface area contributed by atoms with Crippen LogP contribution in [-0.2, 0) is 0 Å². The Balaban J connectivity index is 1.80. The van der Waals surface area contributed by atoms with Crippen molar-refractivity contribution in [3.05, 3.63) is 55.0 Å². The fourth-order valence-electron chi connectivity index (χ4n) is 2.55. The molecule has 0 spiro atoms. The molecule has 0 saturated heterocycles. The Hall–Kier alpha value is -1.57. The van der Waals surface area contributed by atoms with Crippen LogP contribution < -0.4 is 0 Å². The zero-order valence-electron chi connectivity index (χ0n) is 9.92. The van der Waals surface area contributed by atoms with E-state index in [4.69, 9.17) is 0 Å². The summed E-state index contributed by atoms with van der Waals surface area (Å²) in [6.45, 7) is 0. The van der Waals surface area contributed by atoms with Gasteiger partial charge >= 0.3 is 0 Å². The van der Waals surface area contributed by atoms with Gasteiger partial charge in [-0.25, -0.2) is 4.98 Å². The van der Waals surface area contributed by atoms with Crippen molar-refractivity contribution in [3.8, 4) is 5.69 Å². The minimum Gasteiger partial charge on any atom is -0.306 e. The van der Waals surface area contributed by atoms with Crippen molar-refractivity contribution in [2.24, 2.45) is 0 Å². The van der Waals surface area contributed by atoms with Crippen LogP contribution >= 0.6 is 0 Å². The molecule has 2 nitrogen and oxygen atoms in total. The Morgan fingerprint density at radius 3 is 2.65 bits per heavy atom. The molecule has 1 heterocycles. The van der Waals surface area contributed by atoms with Crippen molar-refractivity contribution in [2.45, 2.75) is 31.6 Å². The van der Waals surface area contributed by atoms with Gasteiger partial charge < -0.3 is 4.57 Å². The molecule has 2 heteroatoms. The summed E-state index contributed by atoms with van der Waals surface area (Å²) in [5, 5.41) is 0. The van der Waals surface area contributed by atoms with Gasteiger partial charge in [-0.2, -0.15) is 0 Å². The molecule has 0 N–H and O–H groups in total. The zero-order chi connectivity index (χ0) is 11.5. The first kappa shape index (κ1) is 10.6. The summed E-state index contributed by atoms with van der Waals surface area (Å²) in [5.74, 6) is 0.667. The predicted molar refractivity (Wildman–Crippen MR) is 69.1 cm³/mol. The Bertz CT molecular complexity index is 450. The van der Waals surface area contributed by atoms with Crippen molar-refractivity contribution in [3.63, 3.8) is 0 Å². The summed E-state index contributed by atoms with van der Waals surface area (Å²) in [6, 6.07) is 8.86. The highest BCUT2D eigenvalue weighted by atomic mass is 15.0. The Kier molecular flexibility index (Phi) is 2.95. The van der Waals surface area contributed by atoms with Crippen LogP contribution in [-0.4, -0.2) is 9.55 Å². The van der Waals surface area contributed by atoms with E-state index in [2.05, 4.69) is 35.7 Å². The van der Waals surface area contributed by atoms with E-state index in [9.17, 15) is 0 Å². The van der Waals surface area contributed by atoms with E-state index in [1.54, 1.807) is 0 Å². The van der Waals surface area contributed by atoms with E-state index in [1.807, 2.05) is 23.3 Å². The van der Waals surface area contributed by atoms with Crippen LogP contribution in [0.1, 0.15) is 37.2 Å². The van der Waals surface area contributed by atoms with Gasteiger partial charge in [0.25, 0.3) is 0 Å². The fraction of sp³-hybridized carbons (Fsp3) is 0.333. The molecule has 17 heavy (non-hydrogen) atoms.